The molecule has 1 N–H and O–H groups in total. The second-order valence-corrected chi connectivity index (χ2v) is 6.55. The van der Waals surface area contributed by atoms with Gasteiger partial charge in [0.1, 0.15) is 12.0 Å². The maximum Gasteiger partial charge on any atom is 0.316 e. The molecule has 0 aromatic heterocycles. The lowest BCUT2D eigenvalue weighted by atomic mass is 9.98. The summed E-state index contributed by atoms with van der Waals surface area (Å²) in [6, 6.07) is 10.4. The molecule has 0 spiro atoms. The lowest BCUT2D eigenvalue weighted by Crippen LogP contribution is -2.46. The molecule has 2 fully saturated rings. The van der Waals surface area contributed by atoms with E-state index in [0.29, 0.717) is 12.1 Å². The second-order valence-electron chi connectivity index (χ2n) is 6.55. The number of piperidine rings is 1. The predicted molar refractivity (Wildman–Crippen MR) is 96.3 cm³/mol. The van der Waals surface area contributed by atoms with E-state index in [0.717, 1.165) is 24.9 Å². The molecule has 2 unspecified atom stereocenters. The van der Waals surface area contributed by atoms with Gasteiger partial charge in [-0.2, -0.15) is 0 Å². The van der Waals surface area contributed by atoms with Gasteiger partial charge < -0.3 is 9.84 Å². The van der Waals surface area contributed by atoms with E-state index in [2.05, 4.69) is 11.5 Å². The third kappa shape index (κ3) is 4.00. The van der Waals surface area contributed by atoms with Crippen molar-refractivity contribution in [2.45, 2.75) is 49.8 Å². The number of benzene rings is 1. The molecule has 0 amide bonds. The van der Waals surface area contributed by atoms with E-state index in [1.165, 1.54) is 12.8 Å². The van der Waals surface area contributed by atoms with Gasteiger partial charge in [-0.3, -0.25) is 9.69 Å². The fraction of sp³-hybridized carbons (Fsp3) is 0.526. The van der Waals surface area contributed by atoms with Crippen molar-refractivity contribution < 1.29 is 14.6 Å². The summed E-state index contributed by atoms with van der Waals surface area (Å²) in [5, 5.41) is 9.59. The molecule has 24 heavy (non-hydrogen) atoms. The predicted octanol–water partition coefficient (Wildman–Crippen LogP) is 2.91. The van der Waals surface area contributed by atoms with Gasteiger partial charge in [-0.25, -0.2) is 0 Å². The summed E-state index contributed by atoms with van der Waals surface area (Å²) >= 11 is 0. The van der Waals surface area contributed by atoms with Gasteiger partial charge in [0.05, 0.1) is 6.61 Å². The summed E-state index contributed by atoms with van der Waals surface area (Å²) in [7, 11) is 0. The minimum Gasteiger partial charge on any atom is -0.462 e. The number of hydrogen-bond acceptors (Lipinski definition) is 4. The monoisotopic (exact) mass is 351 g/mol. The Morgan fingerprint density at radius 1 is 1.29 bits per heavy atom. The van der Waals surface area contributed by atoms with Gasteiger partial charge in [-0.05, 0) is 18.4 Å². The molecule has 0 saturated carbocycles. The molecule has 0 aliphatic carbocycles. The average molecular weight is 352 g/mol. The molecular weight excluding hydrogens is 326 g/mol. The van der Waals surface area contributed by atoms with Crippen LogP contribution in [-0.2, 0) is 9.53 Å². The number of aliphatic hydroxyl groups excluding tert-OH is 1. The SMILES string of the molecule is C=CCN1[C@@H]2CC[C@H]1CC(OC(=O)C(CO)c1ccccc1)C2.Cl. The number of hydrogen-bond donors (Lipinski definition) is 1. The van der Waals surface area contributed by atoms with Crippen molar-refractivity contribution in [3.8, 4) is 0 Å². The van der Waals surface area contributed by atoms with Gasteiger partial charge in [0.15, 0.2) is 0 Å². The van der Waals surface area contributed by atoms with Gasteiger partial charge in [0, 0.05) is 31.5 Å². The van der Waals surface area contributed by atoms with Crippen LogP contribution in [0.15, 0.2) is 43.0 Å². The van der Waals surface area contributed by atoms with Crippen LogP contribution in [0.25, 0.3) is 0 Å². The third-order valence-electron chi connectivity index (χ3n) is 5.13. The van der Waals surface area contributed by atoms with Crippen molar-refractivity contribution in [3.63, 3.8) is 0 Å². The van der Waals surface area contributed by atoms with Crippen molar-refractivity contribution in [1.29, 1.82) is 0 Å². The van der Waals surface area contributed by atoms with E-state index in [1.54, 1.807) is 0 Å². The number of aliphatic hydroxyl groups is 1. The minimum absolute atomic E-state index is 0. The molecule has 2 aliphatic heterocycles. The van der Waals surface area contributed by atoms with Crippen LogP contribution in [-0.4, -0.2) is 47.3 Å². The van der Waals surface area contributed by atoms with Crippen LogP contribution in [0.4, 0.5) is 0 Å². The van der Waals surface area contributed by atoms with Crippen molar-refractivity contribution in [2.24, 2.45) is 0 Å². The number of ether oxygens (including phenoxy) is 1. The minimum atomic E-state index is -0.583. The van der Waals surface area contributed by atoms with Gasteiger partial charge >= 0.3 is 5.97 Å². The molecule has 2 aliphatic rings. The Kier molecular flexibility index (Phi) is 6.84. The molecule has 132 valence electrons. The second kappa shape index (κ2) is 8.65. The van der Waals surface area contributed by atoms with Crippen LogP contribution in [0.5, 0.6) is 0 Å². The third-order valence-corrected chi connectivity index (χ3v) is 5.13. The Morgan fingerprint density at radius 2 is 1.92 bits per heavy atom. The topological polar surface area (TPSA) is 49.8 Å². The number of rotatable bonds is 6. The van der Waals surface area contributed by atoms with Crippen LogP contribution in [0.3, 0.4) is 0 Å². The average Bonchev–Trinajstić information content (AvgIpc) is 2.80. The van der Waals surface area contributed by atoms with E-state index >= 15 is 0 Å². The normalized spacial score (nSPS) is 27.1. The maximum atomic E-state index is 12.5. The zero-order chi connectivity index (χ0) is 16.2. The summed E-state index contributed by atoms with van der Waals surface area (Å²) in [6.07, 6.45) is 6.06. The first kappa shape index (κ1) is 19.0. The maximum absolute atomic E-state index is 12.5. The molecule has 0 radical (unpaired) electrons. The molecule has 2 heterocycles. The quantitative estimate of drug-likeness (QED) is 0.632. The molecule has 2 saturated heterocycles. The molecule has 1 aromatic rings. The smallest absolute Gasteiger partial charge is 0.316 e. The lowest BCUT2D eigenvalue weighted by Gasteiger charge is -2.38. The molecule has 1 aromatic carbocycles. The summed E-state index contributed by atoms with van der Waals surface area (Å²) < 4.78 is 5.75. The number of carbonyl (C=O) groups is 1. The van der Waals surface area contributed by atoms with Gasteiger partial charge in [0.25, 0.3) is 0 Å². The Labute approximate surface area is 149 Å². The number of esters is 1. The van der Waals surface area contributed by atoms with E-state index < -0.39 is 5.92 Å². The van der Waals surface area contributed by atoms with Crippen LogP contribution < -0.4 is 0 Å². The fourth-order valence-electron chi connectivity index (χ4n) is 4.02. The largest absolute Gasteiger partial charge is 0.462 e. The first-order valence-corrected chi connectivity index (χ1v) is 8.46. The lowest BCUT2D eigenvalue weighted by molar-refractivity contribution is -0.155. The molecule has 2 bridgehead atoms. The summed E-state index contributed by atoms with van der Waals surface area (Å²) in [5.74, 6) is -0.889. The highest BCUT2D eigenvalue weighted by atomic mass is 35.5. The number of fused-ring (bicyclic) bond motifs is 2. The molecular formula is C19H26ClNO3. The van der Waals surface area contributed by atoms with E-state index in [1.807, 2.05) is 36.4 Å². The molecule has 5 heteroatoms. The summed E-state index contributed by atoms with van der Waals surface area (Å²) in [4.78, 5) is 15.0. The van der Waals surface area contributed by atoms with Crippen LogP contribution in [0.2, 0.25) is 0 Å². The van der Waals surface area contributed by atoms with Gasteiger partial charge in [0.2, 0.25) is 0 Å². The Morgan fingerprint density at radius 3 is 2.46 bits per heavy atom. The van der Waals surface area contributed by atoms with E-state index in [9.17, 15) is 9.90 Å². The van der Waals surface area contributed by atoms with Crippen LogP contribution in [0, 0.1) is 0 Å². The van der Waals surface area contributed by atoms with Gasteiger partial charge in [-0.15, -0.1) is 19.0 Å². The molecule has 4 nitrogen and oxygen atoms in total. The van der Waals surface area contributed by atoms with E-state index in [-0.39, 0.29) is 31.1 Å². The highest BCUT2D eigenvalue weighted by Crippen LogP contribution is 2.37. The van der Waals surface area contributed by atoms with Crippen LogP contribution >= 0.6 is 12.4 Å². The number of nitrogens with zero attached hydrogens (tertiary/aromatic N) is 1. The van der Waals surface area contributed by atoms with Crippen molar-refractivity contribution in [1.82, 2.24) is 4.90 Å². The highest BCUT2D eigenvalue weighted by molar-refractivity contribution is 5.85. The molecule has 3 rings (SSSR count). The van der Waals surface area contributed by atoms with Crippen molar-refractivity contribution >= 4 is 18.4 Å². The van der Waals surface area contributed by atoms with E-state index in [4.69, 9.17) is 4.74 Å². The Bertz CT molecular complexity index is 537. The highest BCUT2D eigenvalue weighted by Gasteiger charge is 2.41. The Hall–Kier alpha value is -1.36. The Balaban J connectivity index is 0.00000208. The number of halogens is 1. The summed E-state index contributed by atoms with van der Waals surface area (Å²) in [6.45, 7) is 4.53. The first-order chi connectivity index (χ1) is 11.2. The number of carbonyl (C=O) groups excluding carboxylic acids is 1. The van der Waals surface area contributed by atoms with Crippen molar-refractivity contribution in [2.75, 3.05) is 13.2 Å². The first-order valence-electron chi connectivity index (χ1n) is 8.46. The standard InChI is InChI=1S/C19H25NO3.ClH/c1-2-10-20-15-8-9-16(20)12-17(11-15)23-19(22)18(13-21)14-6-4-3-5-7-14;/h2-7,15-18,21H,1,8-13H2;1H/t15-,16+,17?,18?;. The van der Waals surface area contributed by atoms with Gasteiger partial charge in [-0.1, -0.05) is 36.4 Å². The summed E-state index contributed by atoms with van der Waals surface area (Å²) in [5.41, 5.74) is 0.812. The zero-order valence-electron chi connectivity index (χ0n) is 13.8. The molecule has 4 atom stereocenters. The van der Waals surface area contributed by atoms with Crippen molar-refractivity contribution in [3.05, 3.63) is 48.6 Å². The fourth-order valence-corrected chi connectivity index (χ4v) is 4.02. The zero-order valence-corrected chi connectivity index (χ0v) is 14.7. The van der Waals surface area contributed by atoms with Crippen LogP contribution in [0.1, 0.15) is 37.2 Å².